The van der Waals surface area contributed by atoms with Crippen molar-refractivity contribution >= 4 is 48.5 Å². The first-order chi connectivity index (χ1) is 22.8. The molecule has 3 aromatic carbocycles. The van der Waals surface area contributed by atoms with Gasteiger partial charge < -0.3 is 35.0 Å². The number of carbonyl (C=O) groups excluding carboxylic acids is 4. The van der Waals surface area contributed by atoms with Crippen LogP contribution in [0.3, 0.4) is 0 Å². The molecule has 252 valence electrons. The monoisotopic (exact) mass is 679 g/mol. The molecule has 0 aliphatic rings. The smallest absolute Gasteiger partial charge is 0.429 e. The maximum absolute atomic E-state index is 12.9. The van der Waals surface area contributed by atoms with E-state index in [2.05, 4.69) is 26.7 Å². The Kier molecular flexibility index (Phi) is 13.2. The van der Waals surface area contributed by atoms with Crippen molar-refractivity contribution in [2.75, 3.05) is 23.6 Å². The summed E-state index contributed by atoms with van der Waals surface area (Å²) < 4.78 is 27.6. The maximum Gasteiger partial charge on any atom is 0.514 e. The van der Waals surface area contributed by atoms with E-state index in [1.165, 1.54) is 48.5 Å². The number of anilines is 2. The molecular weight excluding hydrogens is 645 g/mol. The third-order valence-corrected chi connectivity index (χ3v) is 7.92. The molecular formula is C32H34N5O10P. The van der Waals surface area contributed by atoms with Crippen LogP contribution in [0, 0.1) is 28.1 Å². The predicted molar refractivity (Wildman–Crippen MR) is 176 cm³/mol. The number of non-ortho nitro benzene ring substituents is 1. The molecule has 3 rings (SSSR count). The zero-order valence-electron chi connectivity index (χ0n) is 26.3. The predicted octanol–water partition coefficient (Wildman–Crippen LogP) is 5.05. The maximum atomic E-state index is 12.9. The minimum absolute atomic E-state index is 0.0791. The van der Waals surface area contributed by atoms with Crippen LogP contribution in [0.25, 0.3) is 0 Å². The van der Waals surface area contributed by atoms with Crippen molar-refractivity contribution in [2.45, 2.75) is 33.4 Å². The van der Waals surface area contributed by atoms with Crippen LogP contribution >= 0.6 is 7.52 Å². The van der Waals surface area contributed by atoms with Crippen LogP contribution in [0.1, 0.15) is 36.7 Å². The Morgan fingerprint density at radius 3 is 2.15 bits per heavy atom. The molecule has 16 heteroatoms. The molecule has 0 heterocycles. The minimum atomic E-state index is -3.51. The molecule has 0 saturated heterocycles. The van der Waals surface area contributed by atoms with Gasteiger partial charge in [-0.2, -0.15) is 0 Å². The second kappa shape index (κ2) is 17.3. The second-order valence-electron chi connectivity index (χ2n) is 10.3. The number of carbonyl (C=O) groups is 4. The van der Waals surface area contributed by atoms with Crippen LogP contribution < -0.4 is 25.8 Å². The van der Waals surface area contributed by atoms with Crippen molar-refractivity contribution < 1.29 is 42.7 Å². The number of amides is 3. The Balaban J connectivity index is 1.45. The molecule has 0 radical (unpaired) electrons. The quantitative estimate of drug-likeness (QED) is 0.0418. The van der Waals surface area contributed by atoms with Gasteiger partial charge in [-0.3, -0.25) is 29.1 Å². The Hall–Kier alpha value is -5.71. The van der Waals surface area contributed by atoms with Crippen molar-refractivity contribution in [1.82, 2.24) is 10.6 Å². The lowest BCUT2D eigenvalue weighted by Gasteiger charge is -2.22. The van der Waals surface area contributed by atoms with Crippen LogP contribution in [-0.2, 0) is 30.0 Å². The van der Waals surface area contributed by atoms with Gasteiger partial charge in [-0.25, -0.2) is 4.79 Å². The number of hydrogen-bond acceptors (Lipinski definition) is 10. The summed E-state index contributed by atoms with van der Waals surface area (Å²) in [6, 6.07) is 16.3. The molecule has 0 aromatic heterocycles. The SMILES string of the molecule is C#CP(=O)(Nc1ccc(C(=O)NC(C(=O)NCC(=O)Nc2ccc(COC(=O)Oc3ccc([N+](=O)[O-])cc3)cc2)C(C)C)cc1)OCC. The Bertz CT molecular complexity index is 1700. The first kappa shape index (κ1) is 36.8. The molecule has 0 spiro atoms. The summed E-state index contributed by atoms with van der Waals surface area (Å²) >= 11 is 0. The first-order valence-electron chi connectivity index (χ1n) is 14.5. The summed E-state index contributed by atoms with van der Waals surface area (Å²) in [6.07, 6.45) is 4.30. The molecule has 4 N–H and O–H groups in total. The standard InChI is InChI=1S/C32H34N5O10P/c1-5-46-48(44,6-2)36-25-13-9-23(10-14-25)30(39)35-29(21(3)4)31(40)33-19-28(38)34-24-11-7-22(8-12-24)20-45-32(41)47-27-17-15-26(16-18-27)37(42)43/h2,7-18,21,29H,5,19-20H2,1,3-4H3,(H,33,40)(H,34,38)(H,35,39)(H,36,44). The zero-order valence-corrected chi connectivity index (χ0v) is 27.2. The van der Waals surface area contributed by atoms with Gasteiger partial charge in [0.25, 0.3) is 11.6 Å². The van der Waals surface area contributed by atoms with Crippen LogP contribution in [0.5, 0.6) is 5.75 Å². The Morgan fingerprint density at radius 2 is 1.58 bits per heavy atom. The van der Waals surface area contributed by atoms with Crippen molar-refractivity contribution in [1.29, 1.82) is 0 Å². The van der Waals surface area contributed by atoms with Crippen LogP contribution in [0.4, 0.5) is 21.9 Å². The largest absolute Gasteiger partial charge is 0.514 e. The van der Waals surface area contributed by atoms with Gasteiger partial charge in [0.15, 0.2) is 0 Å². The average Bonchev–Trinajstić information content (AvgIpc) is 3.06. The van der Waals surface area contributed by atoms with Gasteiger partial charge in [-0.1, -0.05) is 26.0 Å². The van der Waals surface area contributed by atoms with E-state index in [1.54, 1.807) is 45.0 Å². The number of rotatable bonds is 15. The van der Waals surface area contributed by atoms with Gasteiger partial charge in [0, 0.05) is 34.7 Å². The first-order valence-corrected chi connectivity index (χ1v) is 16.1. The highest BCUT2D eigenvalue weighted by Gasteiger charge is 2.25. The fourth-order valence-electron chi connectivity index (χ4n) is 3.98. The molecule has 3 aromatic rings. The summed E-state index contributed by atoms with van der Waals surface area (Å²) in [5.74, 6) is -1.85. The lowest BCUT2D eigenvalue weighted by molar-refractivity contribution is -0.384. The van der Waals surface area contributed by atoms with E-state index < -0.39 is 42.4 Å². The van der Waals surface area contributed by atoms with E-state index in [9.17, 15) is 33.9 Å². The molecule has 0 aliphatic carbocycles. The molecule has 15 nitrogen and oxygen atoms in total. The van der Waals surface area contributed by atoms with Crippen LogP contribution in [0.2, 0.25) is 0 Å². The van der Waals surface area contributed by atoms with Gasteiger partial charge in [-0.15, -0.1) is 6.42 Å². The third kappa shape index (κ3) is 11.3. The van der Waals surface area contributed by atoms with Gasteiger partial charge in [-0.05, 0) is 66.9 Å². The van der Waals surface area contributed by atoms with Crippen LogP contribution in [-0.4, -0.2) is 48.0 Å². The van der Waals surface area contributed by atoms with E-state index in [0.717, 1.165) is 0 Å². The fraction of sp³-hybridized carbons (Fsp3) is 0.250. The summed E-state index contributed by atoms with van der Waals surface area (Å²) in [7, 11) is -3.51. The van der Waals surface area contributed by atoms with Crippen molar-refractivity contribution in [3.8, 4) is 17.8 Å². The summed E-state index contributed by atoms with van der Waals surface area (Å²) in [6.45, 7) is 4.78. The number of nitro benzene ring substituents is 1. The van der Waals surface area contributed by atoms with Crippen LogP contribution in [0.15, 0.2) is 72.8 Å². The van der Waals surface area contributed by atoms with Gasteiger partial charge in [0.2, 0.25) is 11.8 Å². The molecule has 0 fully saturated rings. The number of nitro groups is 1. The van der Waals surface area contributed by atoms with Crippen molar-refractivity contribution in [3.05, 3.63) is 94.0 Å². The minimum Gasteiger partial charge on any atom is -0.429 e. The van der Waals surface area contributed by atoms with E-state index in [0.29, 0.717) is 16.9 Å². The molecule has 2 unspecified atom stereocenters. The summed E-state index contributed by atoms with van der Waals surface area (Å²) in [4.78, 5) is 60.3. The molecule has 0 aliphatic heterocycles. The zero-order chi connectivity index (χ0) is 35.3. The van der Waals surface area contributed by atoms with Gasteiger partial charge >= 0.3 is 13.7 Å². The molecule has 0 bridgehead atoms. The van der Waals surface area contributed by atoms with E-state index in [1.807, 2.05) is 0 Å². The van der Waals surface area contributed by atoms with Gasteiger partial charge in [0.1, 0.15) is 18.4 Å². The second-order valence-corrected chi connectivity index (χ2v) is 12.2. The van der Waals surface area contributed by atoms with E-state index in [-0.39, 0.29) is 42.7 Å². The molecule has 48 heavy (non-hydrogen) atoms. The molecule has 3 amide bonds. The topological polar surface area (TPSA) is 204 Å². The number of nitrogens with one attached hydrogen (secondary N) is 4. The van der Waals surface area contributed by atoms with Gasteiger partial charge in [0.05, 0.1) is 18.1 Å². The normalized spacial score (nSPS) is 12.4. The fourth-order valence-corrected chi connectivity index (χ4v) is 5.04. The third-order valence-electron chi connectivity index (χ3n) is 6.41. The number of benzene rings is 3. The molecule has 0 saturated carbocycles. The van der Waals surface area contributed by atoms with Crippen molar-refractivity contribution in [2.24, 2.45) is 5.92 Å². The highest BCUT2D eigenvalue weighted by molar-refractivity contribution is 7.65. The Labute approximate surface area is 276 Å². The summed E-state index contributed by atoms with van der Waals surface area (Å²) in [5.41, 5.74) is 3.58. The Morgan fingerprint density at radius 1 is 0.958 bits per heavy atom. The highest BCUT2D eigenvalue weighted by atomic mass is 31.2. The number of nitrogens with zero attached hydrogens (tertiary/aromatic N) is 1. The van der Waals surface area contributed by atoms with E-state index >= 15 is 0 Å². The van der Waals surface area contributed by atoms with Crippen molar-refractivity contribution in [3.63, 3.8) is 0 Å². The lowest BCUT2D eigenvalue weighted by atomic mass is 10.0. The number of terminal acetylenes is 1. The van der Waals surface area contributed by atoms with E-state index in [4.69, 9.17) is 20.4 Å². The number of ether oxygens (including phenoxy) is 2. The average molecular weight is 680 g/mol. The number of hydrogen-bond donors (Lipinski definition) is 4. The lowest BCUT2D eigenvalue weighted by Crippen LogP contribution is -2.51. The summed E-state index contributed by atoms with van der Waals surface area (Å²) in [5, 5.41) is 21.2. The highest BCUT2D eigenvalue weighted by Crippen LogP contribution is 2.45. The molecule has 2 atom stereocenters.